The van der Waals surface area contributed by atoms with Crippen molar-refractivity contribution in [2.45, 2.75) is 31.9 Å². The molecule has 1 aliphatic rings. The summed E-state index contributed by atoms with van der Waals surface area (Å²) in [5.74, 6) is -0.574. The van der Waals surface area contributed by atoms with Crippen LogP contribution < -0.4 is 0 Å². The highest BCUT2D eigenvalue weighted by molar-refractivity contribution is 5.81. The van der Waals surface area contributed by atoms with Gasteiger partial charge in [-0.1, -0.05) is 12.1 Å². The lowest BCUT2D eigenvalue weighted by molar-refractivity contribution is -0.140. The van der Waals surface area contributed by atoms with Crippen molar-refractivity contribution in [3.63, 3.8) is 0 Å². The topological polar surface area (TPSA) is 40.5 Å². The molecular weight excluding hydrogens is 221 g/mol. The van der Waals surface area contributed by atoms with Crippen LogP contribution in [-0.4, -0.2) is 28.6 Å². The fraction of sp³-hybridized carbons (Fsp3) is 0.462. The van der Waals surface area contributed by atoms with Crippen LogP contribution in [0.25, 0.3) is 0 Å². The van der Waals surface area contributed by atoms with Gasteiger partial charge in [-0.25, -0.2) is 4.39 Å². The van der Waals surface area contributed by atoms with Gasteiger partial charge in [0.15, 0.2) is 0 Å². The van der Waals surface area contributed by atoms with E-state index < -0.39 is 6.10 Å². The van der Waals surface area contributed by atoms with Gasteiger partial charge in [0.25, 0.3) is 5.91 Å². The normalized spacial score (nSPS) is 21.6. The number of amides is 1. The van der Waals surface area contributed by atoms with E-state index in [0.29, 0.717) is 6.54 Å². The average Bonchev–Trinajstić information content (AvgIpc) is 2.76. The Labute approximate surface area is 99.9 Å². The van der Waals surface area contributed by atoms with Crippen molar-refractivity contribution in [3.8, 4) is 0 Å². The van der Waals surface area contributed by atoms with Crippen LogP contribution in [-0.2, 0) is 4.79 Å². The zero-order valence-corrected chi connectivity index (χ0v) is 9.77. The van der Waals surface area contributed by atoms with Gasteiger partial charge in [0.05, 0.1) is 6.04 Å². The van der Waals surface area contributed by atoms with Crippen molar-refractivity contribution in [1.82, 2.24) is 4.90 Å². The number of aliphatic hydroxyl groups excluding tert-OH is 1. The molecule has 0 bridgehead atoms. The Bertz CT molecular complexity index is 420. The van der Waals surface area contributed by atoms with Crippen molar-refractivity contribution < 1.29 is 14.3 Å². The Morgan fingerprint density at radius 2 is 2.35 bits per heavy atom. The lowest BCUT2D eigenvalue weighted by Crippen LogP contribution is -2.37. The largest absolute Gasteiger partial charge is 0.384 e. The summed E-state index contributed by atoms with van der Waals surface area (Å²) >= 11 is 0. The van der Waals surface area contributed by atoms with Gasteiger partial charge in [-0.2, -0.15) is 0 Å². The molecule has 1 N–H and O–H groups in total. The minimum atomic E-state index is -0.996. The van der Waals surface area contributed by atoms with Crippen molar-refractivity contribution in [1.29, 1.82) is 0 Å². The zero-order valence-electron chi connectivity index (χ0n) is 9.77. The molecule has 17 heavy (non-hydrogen) atoms. The summed E-state index contributed by atoms with van der Waals surface area (Å²) in [5, 5.41) is 9.34. The maximum Gasteiger partial charge on any atom is 0.251 e. The molecule has 0 aliphatic carbocycles. The molecule has 3 nitrogen and oxygen atoms in total. The first-order valence-corrected chi connectivity index (χ1v) is 5.83. The number of carbonyl (C=O) groups is 1. The minimum absolute atomic E-state index is 0.104. The third kappa shape index (κ3) is 2.47. The third-order valence-corrected chi connectivity index (χ3v) is 3.13. The Kier molecular flexibility index (Phi) is 3.43. The number of aliphatic hydroxyl groups is 1. The molecule has 1 aromatic rings. The van der Waals surface area contributed by atoms with E-state index in [9.17, 15) is 14.3 Å². The summed E-state index contributed by atoms with van der Waals surface area (Å²) in [4.78, 5) is 13.4. The second-order valence-electron chi connectivity index (χ2n) is 4.42. The molecule has 2 atom stereocenters. The van der Waals surface area contributed by atoms with Crippen LogP contribution in [0.2, 0.25) is 0 Å². The summed E-state index contributed by atoms with van der Waals surface area (Å²) in [7, 11) is 0. The zero-order chi connectivity index (χ0) is 12.4. The van der Waals surface area contributed by atoms with Crippen LogP contribution in [0, 0.1) is 5.82 Å². The predicted octanol–water partition coefficient (Wildman–Crippen LogP) is 1.87. The number of benzene rings is 1. The van der Waals surface area contributed by atoms with Crippen LogP contribution in [0.5, 0.6) is 0 Å². The summed E-state index contributed by atoms with van der Waals surface area (Å²) in [5.41, 5.74) is 0.802. The maximum atomic E-state index is 13.2. The monoisotopic (exact) mass is 237 g/mol. The second kappa shape index (κ2) is 4.84. The summed E-state index contributed by atoms with van der Waals surface area (Å²) < 4.78 is 13.2. The number of nitrogens with zero attached hydrogens (tertiary/aromatic N) is 1. The molecule has 0 aromatic heterocycles. The second-order valence-corrected chi connectivity index (χ2v) is 4.42. The van der Waals surface area contributed by atoms with Gasteiger partial charge < -0.3 is 10.0 Å². The average molecular weight is 237 g/mol. The lowest BCUT2D eigenvalue weighted by atomic mass is 10.0. The van der Waals surface area contributed by atoms with Gasteiger partial charge >= 0.3 is 0 Å². The van der Waals surface area contributed by atoms with Crippen LogP contribution in [0.3, 0.4) is 0 Å². The quantitative estimate of drug-likeness (QED) is 0.853. The number of hydrogen-bond acceptors (Lipinski definition) is 2. The highest BCUT2D eigenvalue weighted by atomic mass is 19.1. The lowest BCUT2D eigenvalue weighted by Gasteiger charge is -2.26. The summed E-state index contributed by atoms with van der Waals surface area (Å²) in [6.45, 7) is 2.09. The highest BCUT2D eigenvalue weighted by Crippen LogP contribution is 2.32. The highest BCUT2D eigenvalue weighted by Gasteiger charge is 2.31. The molecular formula is C13H16FNO2. The van der Waals surface area contributed by atoms with Gasteiger partial charge in [-0.3, -0.25) is 4.79 Å². The molecule has 2 unspecified atom stereocenters. The molecule has 0 radical (unpaired) electrons. The van der Waals surface area contributed by atoms with E-state index in [2.05, 4.69) is 0 Å². The molecule has 1 amide bonds. The van der Waals surface area contributed by atoms with Crippen molar-refractivity contribution in [2.75, 3.05) is 6.54 Å². The van der Waals surface area contributed by atoms with E-state index in [0.717, 1.165) is 18.4 Å². The van der Waals surface area contributed by atoms with E-state index in [-0.39, 0.29) is 17.8 Å². The third-order valence-electron chi connectivity index (χ3n) is 3.13. The number of likely N-dealkylation sites (tertiary alicyclic amines) is 1. The van der Waals surface area contributed by atoms with E-state index in [1.165, 1.54) is 19.1 Å². The Morgan fingerprint density at radius 3 is 3.00 bits per heavy atom. The molecule has 1 saturated heterocycles. The smallest absolute Gasteiger partial charge is 0.251 e. The first-order chi connectivity index (χ1) is 8.09. The summed E-state index contributed by atoms with van der Waals surface area (Å²) in [6.07, 6.45) is 0.714. The van der Waals surface area contributed by atoms with Crippen LogP contribution in [0.4, 0.5) is 4.39 Å². The van der Waals surface area contributed by atoms with Crippen LogP contribution in [0.1, 0.15) is 31.4 Å². The number of hydrogen-bond donors (Lipinski definition) is 1. The standard InChI is InChI=1S/C13H16FNO2/c1-9(16)13(17)15-7-3-6-12(15)10-4-2-5-11(14)8-10/h2,4-5,8-9,12,16H,3,6-7H2,1H3. The molecule has 4 heteroatoms. The molecule has 2 rings (SSSR count). The van der Waals surface area contributed by atoms with Crippen LogP contribution in [0.15, 0.2) is 24.3 Å². The molecule has 0 spiro atoms. The van der Waals surface area contributed by atoms with Gasteiger partial charge in [0.1, 0.15) is 11.9 Å². The first-order valence-electron chi connectivity index (χ1n) is 5.83. The molecule has 1 aromatic carbocycles. The molecule has 1 heterocycles. The molecule has 92 valence electrons. The van der Waals surface area contributed by atoms with E-state index >= 15 is 0 Å². The predicted molar refractivity (Wildman–Crippen MR) is 61.8 cm³/mol. The SMILES string of the molecule is CC(O)C(=O)N1CCCC1c1cccc(F)c1. The van der Waals surface area contributed by atoms with Crippen molar-refractivity contribution in [3.05, 3.63) is 35.6 Å². The number of carbonyl (C=O) groups excluding carboxylic acids is 1. The van der Waals surface area contributed by atoms with E-state index in [4.69, 9.17) is 0 Å². The Balaban J connectivity index is 2.23. The maximum absolute atomic E-state index is 13.2. The number of rotatable bonds is 2. The fourth-order valence-electron chi connectivity index (χ4n) is 2.33. The van der Waals surface area contributed by atoms with Crippen molar-refractivity contribution in [2.24, 2.45) is 0 Å². The van der Waals surface area contributed by atoms with Crippen molar-refractivity contribution >= 4 is 5.91 Å². The molecule has 1 aliphatic heterocycles. The molecule has 0 saturated carbocycles. The van der Waals surface area contributed by atoms with Crippen LogP contribution >= 0.6 is 0 Å². The first kappa shape index (κ1) is 12.0. The van der Waals surface area contributed by atoms with Gasteiger partial charge in [0, 0.05) is 6.54 Å². The number of halogens is 1. The van der Waals surface area contributed by atoms with Gasteiger partial charge in [-0.05, 0) is 37.5 Å². The van der Waals surface area contributed by atoms with Gasteiger partial charge in [0.2, 0.25) is 0 Å². The van der Waals surface area contributed by atoms with E-state index in [1.807, 2.05) is 6.07 Å². The Morgan fingerprint density at radius 1 is 1.59 bits per heavy atom. The fourth-order valence-corrected chi connectivity index (χ4v) is 2.33. The Hall–Kier alpha value is -1.42. The molecule has 1 fully saturated rings. The van der Waals surface area contributed by atoms with Gasteiger partial charge in [-0.15, -0.1) is 0 Å². The van der Waals surface area contributed by atoms with E-state index in [1.54, 1.807) is 11.0 Å². The summed E-state index contributed by atoms with van der Waals surface area (Å²) in [6, 6.07) is 6.21. The minimum Gasteiger partial charge on any atom is -0.384 e.